The summed E-state index contributed by atoms with van der Waals surface area (Å²) in [6.07, 6.45) is 0. The predicted molar refractivity (Wildman–Crippen MR) is 74.2 cm³/mol. The molecule has 0 atom stereocenters. The molecule has 0 unspecified atom stereocenters. The third-order valence-corrected chi connectivity index (χ3v) is 3.61. The molecule has 0 spiro atoms. The van der Waals surface area contributed by atoms with Crippen molar-refractivity contribution in [2.24, 2.45) is 0 Å². The number of thioether (sulfide) groups is 1. The van der Waals surface area contributed by atoms with Gasteiger partial charge in [-0.2, -0.15) is 0 Å². The van der Waals surface area contributed by atoms with E-state index >= 15 is 0 Å². The molecule has 0 saturated carbocycles. The molecular formula is C14H21NS. The Balaban J connectivity index is 2.35. The van der Waals surface area contributed by atoms with Gasteiger partial charge in [0.1, 0.15) is 0 Å². The second-order valence-corrected chi connectivity index (χ2v) is 5.36. The molecule has 1 aromatic rings. The summed E-state index contributed by atoms with van der Waals surface area (Å²) >= 11 is 1.87. The SMILES string of the molecule is C=C(CNC(C)C)CSc1ccccc1C. The summed E-state index contributed by atoms with van der Waals surface area (Å²) in [6, 6.07) is 9.01. The van der Waals surface area contributed by atoms with Crippen LogP contribution in [0.2, 0.25) is 0 Å². The average molecular weight is 235 g/mol. The molecule has 0 bridgehead atoms. The number of nitrogens with one attached hydrogen (secondary N) is 1. The monoisotopic (exact) mass is 235 g/mol. The molecule has 0 aromatic heterocycles. The minimum Gasteiger partial charge on any atom is -0.311 e. The standard InChI is InChI=1S/C14H21NS/c1-11(2)15-9-12(3)10-16-14-8-6-5-7-13(14)4/h5-8,11,15H,3,9-10H2,1-2,4H3. The Morgan fingerprint density at radius 1 is 1.38 bits per heavy atom. The molecule has 16 heavy (non-hydrogen) atoms. The average Bonchev–Trinajstić information content (AvgIpc) is 2.25. The molecule has 0 saturated heterocycles. The molecule has 2 heteroatoms. The molecule has 0 radical (unpaired) electrons. The zero-order valence-electron chi connectivity index (χ0n) is 10.4. The summed E-state index contributed by atoms with van der Waals surface area (Å²) < 4.78 is 0. The van der Waals surface area contributed by atoms with Crippen LogP contribution in [0.25, 0.3) is 0 Å². The maximum atomic E-state index is 4.09. The number of hydrogen-bond acceptors (Lipinski definition) is 2. The van der Waals surface area contributed by atoms with E-state index in [4.69, 9.17) is 0 Å². The molecule has 1 nitrogen and oxygen atoms in total. The zero-order valence-corrected chi connectivity index (χ0v) is 11.2. The van der Waals surface area contributed by atoms with Crippen LogP contribution >= 0.6 is 11.8 Å². The van der Waals surface area contributed by atoms with Crippen molar-refractivity contribution in [3.05, 3.63) is 42.0 Å². The van der Waals surface area contributed by atoms with Gasteiger partial charge in [0.05, 0.1) is 0 Å². The zero-order chi connectivity index (χ0) is 12.0. The molecule has 0 amide bonds. The van der Waals surface area contributed by atoms with Gasteiger partial charge in [-0.1, -0.05) is 44.2 Å². The van der Waals surface area contributed by atoms with E-state index in [0.29, 0.717) is 6.04 Å². The largest absolute Gasteiger partial charge is 0.311 e. The molecule has 0 aliphatic carbocycles. The van der Waals surface area contributed by atoms with Crippen molar-refractivity contribution in [3.63, 3.8) is 0 Å². The first kappa shape index (κ1) is 13.3. The Morgan fingerprint density at radius 2 is 2.06 bits per heavy atom. The third-order valence-electron chi connectivity index (χ3n) is 2.29. The minimum atomic E-state index is 0.528. The Labute approximate surface area is 103 Å². The lowest BCUT2D eigenvalue weighted by atomic mass is 10.2. The molecule has 0 aliphatic heterocycles. The summed E-state index contributed by atoms with van der Waals surface area (Å²) in [5.74, 6) is 0.991. The van der Waals surface area contributed by atoms with E-state index in [1.165, 1.54) is 16.0 Å². The van der Waals surface area contributed by atoms with E-state index in [1.54, 1.807) is 0 Å². The first-order chi connectivity index (χ1) is 7.59. The Bertz CT molecular complexity index is 344. The van der Waals surface area contributed by atoms with E-state index in [9.17, 15) is 0 Å². The topological polar surface area (TPSA) is 12.0 Å². The fourth-order valence-electron chi connectivity index (χ4n) is 1.30. The van der Waals surface area contributed by atoms with Crippen molar-refractivity contribution in [2.75, 3.05) is 12.3 Å². The quantitative estimate of drug-likeness (QED) is 0.597. The second kappa shape index (κ2) is 6.77. The summed E-state index contributed by atoms with van der Waals surface area (Å²) in [4.78, 5) is 1.35. The van der Waals surface area contributed by atoms with Crippen molar-refractivity contribution < 1.29 is 0 Å². The van der Waals surface area contributed by atoms with Gasteiger partial charge in [-0.05, 0) is 18.6 Å². The predicted octanol–water partition coefficient (Wildman–Crippen LogP) is 3.64. The molecule has 1 N–H and O–H groups in total. The van der Waals surface area contributed by atoms with Gasteiger partial charge in [0, 0.05) is 23.2 Å². The van der Waals surface area contributed by atoms with Crippen molar-refractivity contribution in [3.8, 4) is 0 Å². The summed E-state index contributed by atoms with van der Waals surface area (Å²) in [5, 5.41) is 3.38. The van der Waals surface area contributed by atoms with E-state index < -0.39 is 0 Å². The van der Waals surface area contributed by atoms with Crippen molar-refractivity contribution >= 4 is 11.8 Å². The summed E-state index contributed by atoms with van der Waals surface area (Å²) in [5.41, 5.74) is 2.60. The molecule has 1 aromatic carbocycles. The van der Waals surface area contributed by atoms with Gasteiger partial charge in [-0.25, -0.2) is 0 Å². The normalized spacial score (nSPS) is 10.8. The van der Waals surface area contributed by atoms with Crippen LogP contribution in [0.1, 0.15) is 19.4 Å². The number of rotatable bonds is 6. The number of aryl methyl sites for hydroxylation is 1. The number of benzene rings is 1. The van der Waals surface area contributed by atoms with Crippen molar-refractivity contribution in [2.45, 2.75) is 31.7 Å². The van der Waals surface area contributed by atoms with Crippen molar-refractivity contribution in [1.29, 1.82) is 0 Å². The smallest absolute Gasteiger partial charge is 0.0200 e. The lowest BCUT2D eigenvalue weighted by molar-refractivity contribution is 0.623. The van der Waals surface area contributed by atoms with Crippen LogP contribution in [0, 0.1) is 6.92 Å². The van der Waals surface area contributed by atoms with Gasteiger partial charge in [0.2, 0.25) is 0 Å². The highest BCUT2D eigenvalue weighted by Crippen LogP contribution is 2.23. The molecule has 0 fully saturated rings. The van der Waals surface area contributed by atoms with Crippen LogP contribution < -0.4 is 5.32 Å². The fraction of sp³-hybridized carbons (Fsp3) is 0.429. The highest BCUT2D eigenvalue weighted by Gasteiger charge is 2.00. The lowest BCUT2D eigenvalue weighted by Gasteiger charge is -2.11. The summed E-state index contributed by atoms with van der Waals surface area (Å²) in [6.45, 7) is 11.5. The fourth-order valence-corrected chi connectivity index (χ4v) is 2.23. The van der Waals surface area contributed by atoms with Crippen LogP contribution in [0.4, 0.5) is 0 Å². The molecule has 0 aliphatic rings. The first-order valence-corrected chi connectivity index (χ1v) is 6.66. The van der Waals surface area contributed by atoms with E-state index in [-0.39, 0.29) is 0 Å². The molecule has 0 heterocycles. The highest BCUT2D eigenvalue weighted by molar-refractivity contribution is 7.99. The Kier molecular flexibility index (Phi) is 5.64. The van der Waals surface area contributed by atoms with Crippen LogP contribution in [0.15, 0.2) is 41.3 Å². The van der Waals surface area contributed by atoms with Gasteiger partial charge in [-0.3, -0.25) is 0 Å². The van der Waals surface area contributed by atoms with Gasteiger partial charge in [-0.15, -0.1) is 11.8 Å². The van der Waals surface area contributed by atoms with Gasteiger partial charge in [0.15, 0.2) is 0 Å². The Hall–Kier alpha value is -0.730. The van der Waals surface area contributed by atoms with Gasteiger partial charge in [0.25, 0.3) is 0 Å². The van der Waals surface area contributed by atoms with E-state index in [0.717, 1.165) is 12.3 Å². The van der Waals surface area contributed by atoms with Crippen LogP contribution in [0.3, 0.4) is 0 Å². The Morgan fingerprint density at radius 3 is 2.69 bits per heavy atom. The van der Waals surface area contributed by atoms with Crippen LogP contribution in [0.5, 0.6) is 0 Å². The van der Waals surface area contributed by atoms with Gasteiger partial charge < -0.3 is 5.32 Å². The maximum absolute atomic E-state index is 4.09. The molecular weight excluding hydrogens is 214 g/mol. The third kappa shape index (κ3) is 4.86. The molecule has 1 rings (SSSR count). The van der Waals surface area contributed by atoms with Gasteiger partial charge >= 0.3 is 0 Å². The first-order valence-electron chi connectivity index (χ1n) is 5.68. The van der Waals surface area contributed by atoms with E-state index in [2.05, 4.69) is 56.9 Å². The van der Waals surface area contributed by atoms with E-state index in [1.807, 2.05) is 11.8 Å². The highest BCUT2D eigenvalue weighted by atomic mass is 32.2. The van der Waals surface area contributed by atoms with Crippen LogP contribution in [-0.4, -0.2) is 18.3 Å². The van der Waals surface area contributed by atoms with Crippen LogP contribution in [-0.2, 0) is 0 Å². The minimum absolute atomic E-state index is 0.528. The van der Waals surface area contributed by atoms with Crippen molar-refractivity contribution in [1.82, 2.24) is 5.32 Å². The summed E-state index contributed by atoms with van der Waals surface area (Å²) in [7, 11) is 0. The second-order valence-electron chi connectivity index (χ2n) is 4.34. The number of hydrogen-bond donors (Lipinski definition) is 1. The maximum Gasteiger partial charge on any atom is 0.0200 e. The lowest BCUT2D eigenvalue weighted by Crippen LogP contribution is -2.25. The molecule has 88 valence electrons.